The van der Waals surface area contributed by atoms with Crippen molar-refractivity contribution in [1.29, 1.82) is 0 Å². The Balaban J connectivity index is 1.65. The van der Waals surface area contributed by atoms with Crippen LogP contribution in [0.25, 0.3) is 0 Å². The molecule has 0 aliphatic carbocycles. The third-order valence-corrected chi connectivity index (χ3v) is 7.10. The summed E-state index contributed by atoms with van der Waals surface area (Å²) < 4.78 is 97.7. The van der Waals surface area contributed by atoms with Gasteiger partial charge in [0.05, 0.1) is 6.33 Å². The van der Waals surface area contributed by atoms with Crippen molar-refractivity contribution in [2.75, 3.05) is 18.4 Å². The first kappa shape index (κ1) is 24.0. The van der Waals surface area contributed by atoms with E-state index in [-0.39, 0.29) is 23.8 Å². The first-order chi connectivity index (χ1) is 15.9. The van der Waals surface area contributed by atoms with Crippen LogP contribution in [0.1, 0.15) is 11.5 Å². The van der Waals surface area contributed by atoms with Crippen LogP contribution in [0.3, 0.4) is 0 Å². The molecule has 1 aliphatic rings. The summed E-state index contributed by atoms with van der Waals surface area (Å²) >= 11 is 0. The molecule has 2 aromatic carbocycles. The van der Waals surface area contributed by atoms with E-state index in [9.17, 15) is 30.4 Å². The van der Waals surface area contributed by atoms with Gasteiger partial charge in [0.25, 0.3) is 10.0 Å². The number of halogens is 5. The standard InChI is InChI=1S/C21H19F5N4O3S/c1-29-11-20(27-12-29)34(31,32)30-9-16(13-2-4-14(22)5-3-13)18(10-30)28-15-6-7-17(23)19(8-15)33-21(24,25)26/h2-8,11-12,16,18,28H,9-10H2,1H3. The average molecular weight is 502 g/mol. The van der Waals surface area contributed by atoms with Gasteiger partial charge in [0.15, 0.2) is 16.6 Å². The number of hydrogen-bond acceptors (Lipinski definition) is 5. The molecule has 2 unspecified atom stereocenters. The predicted octanol–water partition coefficient (Wildman–Crippen LogP) is 3.87. The lowest BCUT2D eigenvalue weighted by Crippen LogP contribution is -2.32. The van der Waals surface area contributed by atoms with Gasteiger partial charge in [0.1, 0.15) is 5.82 Å². The quantitative estimate of drug-likeness (QED) is 0.518. The molecule has 1 fully saturated rings. The molecule has 0 amide bonds. The zero-order valence-corrected chi connectivity index (χ0v) is 18.4. The normalized spacial score (nSPS) is 19.4. The van der Waals surface area contributed by atoms with E-state index in [1.165, 1.54) is 51.7 Å². The summed E-state index contributed by atoms with van der Waals surface area (Å²) in [5.41, 5.74) is 0.710. The predicted molar refractivity (Wildman–Crippen MR) is 112 cm³/mol. The smallest absolute Gasteiger partial charge is 0.403 e. The van der Waals surface area contributed by atoms with E-state index in [1.807, 2.05) is 0 Å². The van der Waals surface area contributed by atoms with Gasteiger partial charge in [0.2, 0.25) is 0 Å². The van der Waals surface area contributed by atoms with Crippen molar-refractivity contribution in [3.05, 3.63) is 72.2 Å². The third kappa shape index (κ3) is 5.14. The minimum atomic E-state index is -5.09. The summed E-state index contributed by atoms with van der Waals surface area (Å²) in [6.45, 7) is -0.0525. The monoisotopic (exact) mass is 502 g/mol. The fourth-order valence-electron chi connectivity index (χ4n) is 3.82. The number of imidazole rings is 1. The van der Waals surface area contributed by atoms with Crippen molar-refractivity contribution in [2.45, 2.75) is 23.3 Å². The van der Waals surface area contributed by atoms with E-state index in [2.05, 4.69) is 15.0 Å². The molecule has 0 bridgehead atoms. The van der Waals surface area contributed by atoms with Crippen LogP contribution in [0.5, 0.6) is 5.75 Å². The Labute approximate surface area is 191 Å². The van der Waals surface area contributed by atoms with Gasteiger partial charge in [-0.1, -0.05) is 12.1 Å². The number of ether oxygens (including phenoxy) is 1. The minimum absolute atomic E-state index is 0.00924. The number of sulfonamides is 1. The Kier molecular flexibility index (Phi) is 6.25. The highest BCUT2D eigenvalue weighted by atomic mass is 32.2. The van der Waals surface area contributed by atoms with E-state index in [1.54, 1.807) is 7.05 Å². The van der Waals surface area contributed by atoms with E-state index < -0.39 is 45.7 Å². The first-order valence-electron chi connectivity index (χ1n) is 9.98. The number of hydrogen-bond donors (Lipinski definition) is 1. The van der Waals surface area contributed by atoms with Gasteiger partial charge >= 0.3 is 6.36 Å². The highest BCUT2D eigenvalue weighted by molar-refractivity contribution is 7.89. The lowest BCUT2D eigenvalue weighted by atomic mass is 9.94. The molecule has 0 radical (unpaired) electrons. The average Bonchev–Trinajstić information content (AvgIpc) is 3.37. The Bertz CT molecular complexity index is 1280. The number of nitrogens with one attached hydrogen (secondary N) is 1. The molecule has 0 saturated carbocycles. The number of benzene rings is 2. The van der Waals surface area contributed by atoms with E-state index in [4.69, 9.17) is 0 Å². The van der Waals surface area contributed by atoms with Crippen LogP contribution in [0, 0.1) is 11.6 Å². The molecule has 4 rings (SSSR count). The second-order valence-corrected chi connectivity index (χ2v) is 9.69. The van der Waals surface area contributed by atoms with Crippen LogP contribution in [0.15, 0.2) is 60.0 Å². The van der Waals surface area contributed by atoms with Crippen LogP contribution >= 0.6 is 0 Å². The summed E-state index contributed by atoms with van der Waals surface area (Å²) in [4.78, 5) is 3.90. The van der Waals surface area contributed by atoms with Gasteiger partial charge in [-0.3, -0.25) is 0 Å². The first-order valence-corrected chi connectivity index (χ1v) is 11.4. The number of rotatable bonds is 6. The Morgan fingerprint density at radius 3 is 2.41 bits per heavy atom. The molecule has 1 aliphatic heterocycles. The molecule has 182 valence electrons. The van der Waals surface area contributed by atoms with Crippen LogP contribution in [0.4, 0.5) is 27.6 Å². The summed E-state index contributed by atoms with van der Waals surface area (Å²) in [6.07, 6.45) is -2.39. The molecule has 13 heteroatoms. The zero-order valence-electron chi connectivity index (χ0n) is 17.6. The summed E-state index contributed by atoms with van der Waals surface area (Å²) in [5, 5.41) is 2.82. The van der Waals surface area contributed by atoms with Gasteiger partial charge in [0, 0.05) is 50.0 Å². The van der Waals surface area contributed by atoms with Crippen LogP contribution in [-0.4, -0.2) is 47.8 Å². The van der Waals surface area contributed by atoms with Crippen LogP contribution < -0.4 is 10.1 Å². The molecule has 1 saturated heterocycles. The zero-order chi connectivity index (χ0) is 24.7. The molecule has 7 nitrogen and oxygen atoms in total. The SMILES string of the molecule is Cn1cnc(S(=O)(=O)N2CC(Nc3ccc(F)c(OC(F)(F)F)c3)C(c3ccc(F)cc3)C2)c1. The summed E-state index contributed by atoms with van der Waals surface area (Å²) in [7, 11) is -2.36. The Hall–Kier alpha value is -3.19. The molecule has 2 heterocycles. The van der Waals surface area contributed by atoms with Gasteiger partial charge in [-0.25, -0.2) is 22.2 Å². The van der Waals surface area contributed by atoms with Gasteiger partial charge in [-0.2, -0.15) is 4.31 Å². The fraction of sp³-hybridized carbons (Fsp3) is 0.286. The molecule has 1 aromatic heterocycles. The van der Waals surface area contributed by atoms with E-state index >= 15 is 0 Å². The van der Waals surface area contributed by atoms with Crippen molar-refractivity contribution in [3.8, 4) is 5.75 Å². The molecule has 1 N–H and O–H groups in total. The highest BCUT2D eigenvalue weighted by Crippen LogP contribution is 2.35. The Morgan fingerprint density at radius 1 is 1.09 bits per heavy atom. The molecule has 2 atom stereocenters. The topological polar surface area (TPSA) is 76.5 Å². The van der Waals surface area contributed by atoms with Crippen LogP contribution in [0.2, 0.25) is 0 Å². The van der Waals surface area contributed by atoms with Crippen molar-refractivity contribution in [3.63, 3.8) is 0 Å². The minimum Gasteiger partial charge on any atom is -0.403 e. The second kappa shape index (κ2) is 8.87. The van der Waals surface area contributed by atoms with Gasteiger partial charge < -0.3 is 14.6 Å². The second-order valence-electron chi connectivity index (χ2n) is 7.80. The lowest BCUT2D eigenvalue weighted by Gasteiger charge is -2.22. The van der Waals surface area contributed by atoms with Crippen LogP contribution in [-0.2, 0) is 17.1 Å². The lowest BCUT2D eigenvalue weighted by molar-refractivity contribution is -0.275. The van der Waals surface area contributed by atoms with E-state index in [0.29, 0.717) is 5.56 Å². The molecule has 0 spiro atoms. The molecular formula is C21H19F5N4O3S. The molecule has 34 heavy (non-hydrogen) atoms. The summed E-state index contributed by atoms with van der Waals surface area (Å²) in [6, 6.07) is 7.73. The molecule has 3 aromatic rings. The number of nitrogens with zero attached hydrogens (tertiary/aromatic N) is 3. The van der Waals surface area contributed by atoms with Crippen molar-refractivity contribution in [2.24, 2.45) is 7.05 Å². The maximum atomic E-state index is 13.8. The Morgan fingerprint density at radius 2 is 1.79 bits per heavy atom. The number of alkyl halides is 3. The van der Waals surface area contributed by atoms with Gasteiger partial charge in [-0.15, -0.1) is 13.2 Å². The maximum absolute atomic E-state index is 13.8. The summed E-state index contributed by atoms with van der Waals surface area (Å²) in [5.74, 6) is -3.19. The number of aromatic nitrogens is 2. The van der Waals surface area contributed by atoms with Crippen molar-refractivity contribution in [1.82, 2.24) is 13.9 Å². The van der Waals surface area contributed by atoms with Gasteiger partial charge in [-0.05, 0) is 29.8 Å². The number of aryl methyl sites for hydroxylation is 1. The van der Waals surface area contributed by atoms with Crippen molar-refractivity contribution >= 4 is 15.7 Å². The van der Waals surface area contributed by atoms with E-state index in [0.717, 1.165) is 12.1 Å². The highest BCUT2D eigenvalue weighted by Gasteiger charge is 2.41. The maximum Gasteiger partial charge on any atom is 0.573 e. The molecular weight excluding hydrogens is 483 g/mol. The number of anilines is 1. The largest absolute Gasteiger partial charge is 0.573 e. The fourth-order valence-corrected chi connectivity index (χ4v) is 5.28. The third-order valence-electron chi connectivity index (χ3n) is 5.38. The van der Waals surface area contributed by atoms with Crippen molar-refractivity contribution < 1.29 is 35.1 Å².